The van der Waals surface area contributed by atoms with Crippen LogP contribution in [0.25, 0.3) is 0 Å². The van der Waals surface area contributed by atoms with Crippen molar-refractivity contribution >= 4 is 17.5 Å². The maximum absolute atomic E-state index is 12.8. The molecule has 5 nitrogen and oxygen atoms in total. The maximum Gasteiger partial charge on any atom is 0.254 e. The van der Waals surface area contributed by atoms with Gasteiger partial charge in [-0.2, -0.15) is 0 Å². The first-order valence-corrected chi connectivity index (χ1v) is 8.34. The van der Waals surface area contributed by atoms with Crippen molar-refractivity contribution in [3.8, 4) is 5.75 Å². The highest BCUT2D eigenvalue weighted by Gasteiger charge is 2.35. The summed E-state index contributed by atoms with van der Waals surface area (Å²) in [6.45, 7) is 4.69. The first-order valence-electron chi connectivity index (χ1n) is 8.34. The second-order valence-corrected chi connectivity index (χ2v) is 6.24. The summed E-state index contributed by atoms with van der Waals surface area (Å²) in [5.74, 6) is 0.520. The molecule has 130 valence electrons. The highest BCUT2D eigenvalue weighted by atomic mass is 16.5. The smallest absolute Gasteiger partial charge is 0.254 e. The van der Waals surface area contributed by atoms with Crippen LogP contribution in [0.3, 0.4) is 0 Å². The Labute approximate surface area is 147 Å². The Bertz CT molecular complexity index is 803. The SMILES string of the molecule is COc1cccc(N2CCN(C(=O)c3cccc(C)c3)[C@@H](C)C2=O)c1. The summed E-state index contributed by atoms with van der Waals surface area (Å²) in [4.78, 5) is 29.0. The normalized spacial score (nSPS) is 17.6. The van der Waals surface area contributed by atoms with Gasteiger partial charge in [-0.3, -0.25) is 9.59 Å². The molecule has 2 amide bonds. The molecule has 0 spiro atoms. The van der Waals surface area contributed by atoms with E-state index in [-0.39, 0.29) is 11.8 Å². The number of ether oxygens (including phenoxy) is 1. The van der Waals surface area contributed by atoms with Gasteiger partial charge in [-0.1, -0.05) is 23.8 Å². The number of benzene rings is 2. The molecule has 0 bridgehead atoms. The van der Waals surface area contributed by atoms with Crippen molar-refractivity contribution in [1.29, 1.82) is 0 Å². The maximum atomic E-state index is 12.8. The van der Waals surface area contributed by atoms with Crippen molar-refractivity contribution in [1.82, 2.24) is 4.90 Å². The molecule has 1 aliphatic heterocycles. The minimum Gasteiger partial charge on any atom is -0.497 e. The number of carbonyl (C=O) groups is 2. The number of carbonyl (C=O) groups excluding carboxylic acids is 2. The molecule has 2 aromatic rings. The van der Waals surface area contributed by atoms with Crippen LogP contribution in [0.4, 0.5) is 5.69 Å². The first kappa shape index (κ1) is 17.0. The monoisotopic (exact) mass is 338 g/mol. The molecule has 1 saturated heterocycles. The molecule has 2 aromatic carbocycles. The van der Waals surface area contributed by atoms with E-state index in [1.807, 2.05) is 49.4 Å². The fourth-order valence-corrected chi connectivity index (χ4v) is 3.13. The number of hydrogen-bond acceptors (Lipinski definition) is 3. The quantitative estimate of drug-likeness (QED) is 0.865. The third-order valence-corrected chi connectivity index (χ3v) is 4.55. The summed E-state index contributed by atoms with van der Waals surface area (Å²) in [6, 6.07) is 14.4. The van der Waals surface area contributed by atoms with E-state index >= 15 is 0 Å². The van der Waals surface area contributed by atoms with Crippen molar-refractivity contribution in [3.63, 3.8) is 0 Å². The van der Waals surface area contributed by atoms with Gasteiger partial charge in [-0.15, -0.1) is 0 Å². The Morgan fingerprint density at radius 3 is 2.60 bits per heavy atom. The number of nitrogens with zero attached hydrogens (tertiary/aromatic N) is 2. The average Bonchev–Trinajstić information content (AvgIpc) is 2.63. The fraction of sp³-hybridized carbons (Fsp3) is 0.300. The molecular weight excluding hydrogens is 316 g/mol. The van der Waals surface area contributed by atoms with E-state index in [1.165, 1.54) is 0 Å². The summed E-state index contributed by atoms with van der Waals surface area (Å²) in [7, 11) is 1.60. The van der Waals surface area contributed by atoms with Crippen LogP contribution in [-0.2, 0) is 4.79 Å². The van der Waals surface area contributed by atoms with Crippen LogP contribution in [0, 0.1) is 6.92 Å². The van der Waals surface area contributed by atoms with Crippen molar-refractivity contribution < 1.29 is 14.3 Å². The van der Waals surface area contributed by atoms with Crippen molar-refractivity contribution in [2.24, 2.45) is 0 Å². The predicted molar refractivity (Wildman–Crippen MR) is 97.0 cm³/mol. The molecule has 1 atom stereocenters. The van der Waals surface area contributed by atoms with E-state index < -0.39 is 6.04 Å². The van der Waals surface area contributed by atoms with Gasteiger partial charge in [0.25, 0.3) is 5.91 Å². The molecule has 1 fully saturated rings. The van der Waals surface area contributed by atoms with Crippen LogP contribution in [0.2, 0.25) is 0 Å². The first-order chi connectivity index (χ1) is 12.0. The molecule has 1 aliphatic rings. The molecule has 0 N–H and O–H groups in total. The van der Waals surface area contributed by atoms with Gasteiger partial charge < -0.3 is 14.5 Å². The average molecular weight is 338 g/mol. The number of aryl methyl sites for hydroxylation is 1. The molecule has 25 heavy (non-hydrogen) atoms. The van der Waals surface area contributed by atoms with E-state index in [2.05, 4.69) is 0 Å². The van der Waals surface area contributed by atoms with E-state index in [0.717, 1.165) is 11.3 Å². The molecule has 0 aromatic heterocycles. The van der Waals surface area contributed by atoms with Crippen LogP contribution >= 0.6 is 0 Å². The van der Waals surface area contributed by atoms with Gasteiger partial charge >= 0.3 is 0 Å². The van der Waals surface area contributed by atoms with Crippen molar-refractivity contribution in [2.75, 3.05) is 25.1 Å². The van der Waals surface area contributed by atoms with Gasteiger partial charge in [0.05, 0.1) is 7.11 Å². The van der Waals surface area contributed by atoms with Gasteiger partial charge in [-0.05, 0) is 38.1 Å². The third-order valence-electron chi connectivity index (χ3n) is 4.55. The Kier molecular flexibility index (Phi) is 4.74. The summed E-state index contributed by atoms with van der Waals surface area (Å²) >= 11 is 0. The Morgan fingerprint density at radius 1 is 1.12 bits per heavy atom. The van der Waals surface area contributed by atoms with Crippen molar-refractivity contribution in [2.45, 2.75) is 19.9 Å². The molecule has 0 radical (unpaired) electrons. The summed E-state index contributed by atoms with van der Waals surface area (Å²) < 4.78 is 5.23. The zero-order chi connectivity index (χ0) is 18.0. The van der Waals surface area contributed by atoms with Crippen LogP contribution in [0.5, 0.6) is 5.75 Å². The lowest BCUT2D eigenvalue weighted by Crippen LogP contribution is -2.57. The molecule has 1 heterocycles. The molecule has 3 rings (SSSR count). The Morgan fingerprint density at radius 2 is 1.88 bits per heavy atom. The van der Waals surface area contributed by atoms with Gasteiger partial charge in [0.2, 0.25) is 5.91 Å². The molecule has 0 unspecified atom stereocenters. The second-order valence-electron chi connectivity index (χ2n) is 6.24. The zero-order valence-electron chi connectivity index (χ0n) is 14.7. The van der Waals surface area contributed by atoms with E-state index in [4.69, 9.17) is 4.74 Å². The molecule has 0 aliphatic carbocycles. The van der Waals surface area contributed by atoms with Gasteiger partial charge in [-0.25, -0.2) is 0 Å². The Hall–Kier alpha value is -2.82. The molecular formula is C20H22N2O3. The minimum atomic E-state index is -0.507. The largest absolute Gasteiger partial charge is 0.497 e. The standard InChI is InChI=1S/C20H22N2O3/c1-14-6-4-7-16(12-14)20(24)21-10-11-22(19(23)15(21)2)17-8-5-9-18(13-17)25-3/h4-9,12-13,15H,10-11H2,1-3H3/t15-/m0/s1. The van der Waals surface area contributed by atoms with E-state index in [0.29, 0.717) is 24.4 Å². The zero-order valence-corrected chi connectivity index (χ0v) is 14.7. The van der Waals surface area contributed by atoms with Gasteiger partial charge in [0, 0.05) is 30.4 Å². The third kappa shape index (κ3) is 3.36. The molecule has 5 heteroatoms. The predicted octanol–water partition coefficient (Wildman–Crippen LogP) is 2.88. The number of amides is 2. The van der Waals surface area contributed by atoms with Gasteiger partial charge in [0.1, 0.15) is 11.8 Å². The lowest BCUT2D eigenvalue weighted by molar-refractivity contribution is -0.124. The van der Waals surface area contributed by atoms with E-state index in [1.54, 1.807) is 29.9 Å². The number of methoxy groups -OCH3 is 1. The highest BCUT2D eigenvalue weighted by Crippen LogP contribution is 2.25. The van der Waals surface area contributed by atoms with Crippen LogP contribution in [0.15, 0.2) is 48.5 Å². The summed E-state index contributed by atoms with van der Waals surface area (Å²) in [5.41, 5.74) is 2.44. The number of piperazine rings is 1. The highest BCUT2D eigenvalue weighted by molar-refractivity contribution is 6.03. The fourth-order valence-electron chi connectivity index (χ4n) is 3.13. The summed E-state index contributed by atoms with van der Waals surface area (Å²) in [6.07, 6.45) is 0. The van der Waals surface area contributed by atoms with Crippen molar-refractivity contribution in [3.05, 3.63) is 59.7 Å². The van der Waals surface area contributed by atoms with Crippen LogP contribution < -0.4 is 9.64 Å². The minimum absolute atomic E-state index is 0.0829. The Balaban J connectivity index is 1.80. The lowest BCUT2D eigenvalue weighted by atomic mass is 10.1. The topological polar surface area (TPSA) is 49.9 Å². The second kappa shape index (κ2) is 6.97. The number of anilines is 1. The van der Waals surface area contributed by atoms with Crippen LogP contribution in [0.1, 0.15) is 22.8 Å². The molecule has 0 saturated carbocycles. The number of hydrogen-bond donors (Lipinski definition) is 0. The van der Waals surface area contributed by atoms with Crippen LogP contribution in [-0.4, -0.2) is 43.0 Å². The summed E-state index contributed by atoms with van der Waals surface area (Å²) in [5, 5.41) is 0. The van der Waals surface area contributed by atoms with Gasteiger partial charge in [0.15, 0.2) is 0 Å². The van der Waals surface area contributed by atoms with E-state index in [9.17, 15) is 9.59 Å². The lowest BCUT2D eigenvalue weighted by Gasteiger charge is -2.39. The number of rotatable bonds is 3.